The maximum atomic E-state index is 6.41. The molecule has 6 aromatic heterocycles. The fourth-order valence-corrected chi connectivity index (χ4v) is 11.2. The van der Waals surface area contributed by atoms with Crippen LogP contribution >= 0.6 is 0 Å². The van der Waals surface area contributed by atoms with Gasteiger partial charge in [0.1, 0.15) is 23.1 Å². The van der Waals surface area contributed by atoms with Gasteiger partial charge in [0.25, 0.3) is 0 Å². The zero-order valence-electron chi connectivity index (χ0n) is 46.6. The van der Waals surface area contributed by atoms with Crippen molar-refractivity contribution in [3.63, 3.8) is 0 Å². The third-order valence-electron chi connectivity index (χ3n) is 15.3. The Kier molecular flexibility index (Phi) is 14.7. The number of para-hydroxylation sites is 2. The molecule has 0 saturated heterocycles. The average Bonchev–Trinajstić information content (AvgIpc) is 2.01. The van der Waals surface area contributed by atoms with E-state index in [0.717, 1.165) is 95.0 Å². The molecule has 0 bridgehead atoms. The molecule has 0 fully saturated rings. The van der Waals surface area contributed by atoms with Crippen LogP contribution in [0.4, 0.5) is 0 Å². The molecule has 0 spiro atoms. The number of ether oxygens (including phenoxy) is 2. The van der Waals surface area contributed by atoms with Gasteiger partial charge in [0.15, 0.2) is 0 Å². The minimum absolute atomic E-state index is 0. The van der Waals surface area contributed by atoms with Crippen LogP contribution in [-0.2, 0) is 20.4 Å². The second-order valence-electron chi connectivity index (χ2n) is 20.7. The molecule has 6 heterocycles. The second-order valence-corrected chi connectivity index (χ2v) is 20.7. The molecule has 0 saturated carbocycles. The van der Waals surface area contributed by atoms with Gasteiger partial charge in [0.2, 0.25) is 0 Å². The maximum absolute atomic E-state index is 6.41. The Balaban J connectivity index is 0.000000152. The van der Waals surface area contributed by atoms with E-state index in [4.69, 9.17) is 9.47 Å². The van der Waals surface area contributed by atoms with Crippen LogP contribution in [-0.4, -0.2) is 38.7 Å². The Bertz CT molecular complexity index is 4720. The predicted octanol–water partition coefficient (Wildman–Crippen LogP) is 18.6. The maximum Gasteiger partial charge on any atom is 2.00 e. The molecule has 16 aromatic rings. The molecular weight excluding hydrogens is 1160 g/mol. The van der Waals surface area contributed by atoms with E-state index in [9.17, 15) is 0 Å². The van der Waals surface area contributed by atoms with Crippen LogP contribution in [0.2, 0.25) is 0 Å². The van der Waals surface area contributed by atoms with E-state index in [0.29, 0.717) is 11.5 Å². The van der Waals surface area contributed by atoms with E-state index in [1.807, 2.05) is 150 Å². The molecule has 10 aromatic carbocycles. The van der Waals surface area contributed by atoms with Gasteiger partial charge in [-0.2, -0.15) is 22.3 Å². The van der Waals surface area contributed by atoms with Crippen LogP contribution in [0.3, 0.4) is 0 Å². The summed E-state index contributed by atoms with van der Waals surface area (Å²) in [6, 6.07) is 97.4. The van der Waals surface area contributed by atoms with Gasteiger partial charge in [-0.05, 0) is 105 Å². The summed E-state index contributed by atoms with van der Waals surface area (Å²) in [6.45, 7) is 0. The van der Waals surface area contributed by atoms with Gasteiger partial charge in [0.05, 0.1) is 29.1 Å². The quantitative estimate of drug-likeness (QED) is 0.0894. The summed E-state index contributed by atoms with van der Waals surface area (Å²) in [5, 5.41) is 13.8. The zero-order chi connectivity index (χ0) is 57.2. The monoisotopic (exact) mass is 1210 g/mol. The van der Waals surface area contributed by atoms with Crippen molar-refractivity contribution in [2.24, 2.45) is 0 Å². The van der Waals surface area contributed by atoms with Crippen molar-refractivity contribution in [3.8, 4) is 90.5 Å². The molecule has 0 aliphatic heterocycles. The Morgan fingerprint density at radius 3 is 1.46 bits per heavy atom. The number of benzene rings is 10. The van der Waals surface area contributed by atoms with Gasteiger partial charge in [-0.25, -0.2) is 14.6 Å². The number of hydrogen-bond donors (Lipinski definition) is 0. The van der Waals surface area contributed by atoms with Gasteiger partial charge in [-0.1, -0.05) is 169 Å². The Labute approximate surface area is 515 Å². The van der Waals surface area contributed by atoms with E-state index in [1.165, 1.54) is 27.6 Å². The summed E-state index contributed by atoms with van der Waals surface area (Å²) in [5.74, 6) is 4.38. The Hall–Kier alpha value is -11.2. The van der Waals surface area contributed by atoms with Crippen molar-refractivity contribution in [3.05, 3.63) is 316 Å². The first kappa shape index (κ1) is 53.8. The third kappa shape index (κ3) is 10.9. The van der Waals surface area contributed by atoms with Crippen LogP contribution in [0.5, 0.6) is 23.0 Å². The molecule has 10 nitrogen and oxygen atoms in total. The van der Waals surface area contributed by atoms with Crippen LogP contribution in [0, 0.1) is 12.1 Å². The topological polar surface area (TPSA) is 89.7 Å². The van der Waals surface area contributed by atoms with Crippen LogP contribution in [0.1, 0.15) is 0 Å². The van der Waals surface area contributed by atoms with E-state index in [2.05, 4.69) is 199 Å². The molecule has 0 aliphatic carbocycles. The standard InChI is InChI=1S/C38H26N4O.C38H24N4O.Pd/c2*1-2-9-27(10-3-1)28-16-18-29(19-17-28)30-25-40-41(26-30)31-11-8-12-32(23-31)43-33-20-21-35-34-13-4-5-14-36(34)42(37(35)24-33)38-15-6-7-22-39-38;/h1-26H;1-22,25-26H;/q;-2;+2. The van der Waals surface area contributed by atoms with E-state index < -0.39 is 0 Å². The number of aromatic nitrogens is 8. The number of hydrogen-bond acceptors (Lipinski definition) is 6. The predicted molar refractivity (Wildman–Crippen MR) is 344 cm³/mol. The van der Waals surface area contributed by atoms with Gasteiger partial charge >= 0.3 is 20.4 Å². The average molecular weight is 1210 g/mol. The van der Waals surface area contributed by atoms with E-state index in [-0.39, 0.29) is 20.4 Å². The minimum atomic E-state index is 0. The molecule has 11 heteroatoms. The van der Waals surface area contributed by atoms with Gasteiger partial charge in [0, 0.05) is 75.8 Å². The summed E-state index contributed by atoms with van der Waals surface area (Å²) in [4.78, 5) is 9.24. The molecule has 87 heavy (non-hydrogen) atoms. The van der Waals surface area contributed by atoms with Gasteiger partial charge in [-0.3, -0.25) is 9.25 Å². The second kappa shape index (κ2) is 23.8. The molecule has 16 rings (SSSR count). The Morgan fingerprint density at radius 1 is 0.322 bits per heavy atom. The number of fused-ring (bicyclic) bond motifs is 6. The first-order valence-electron chi connectivity index (χ1n) is 28.3. The number of rotatable bonds is 12. The SMILES string of the molecule is [Pd+2].[c-]1c(Oc2[c-]c3c(cc2)c2ccccc2n3-c2ccccn2)cccc1-n1cc(-c2ccc(-c3ccccc3)cc2)cn1.c1ccc(-c2ccc(-c3cnn(-c4cccc(Oc5ccc6c7ccccc7n(-c7ccccn7)c6c5)c4)c3)cc2)cc1. The summed E-state index contributed by atoms with van der Waals surface area (Å²) in [7, 11) is 0. The first-order valence-corrected chi connectivity index (χ1v) is 28.3. The first-order chi connectivity index (χ1) is 42.6. The molecule has 0 atom stereocenters. The van der Waals surface area contributed by atoms with Gasteiger partial charge in [-0.15, -0.1) is 35.7 Å². The number of pyridine rings is 2. The zero-order valence-corrected chi connectivity index (χ0v) is 48.1. The van der Waals surface area contributed by atoms with Crippen LogP contribution in [0.25, 0.3) is 111 Å². The van der Waals surface area contributed by atoms with E-state index in [1.54, 1.807) is 6.20 Å². The molecule has 0 unspecified atom stereocenters. The molecule has 0 aliphatic rings. The summed E-state index contributed by atoms with van der Waals surface area (Å²) >= 11 is 0. The molecule has 0 radical (unpaired) electrons. The largest absolute Gasteiger partial charge is 2.00 e. The Morgan fingerprint density at radius 2 is 0.816 bits per heavy atom. The molecular formula is C76H50N8O2Pd. The van der Waals surface area contributed by atoms with Crippen molar-refractivity contribution < 1.29 is 29.9 Å². The molecule has 0 N–H and O–H groups in total. The smallest absolute Gasteiger partial charge is 0.509 e. The summed E-state index contributed by atoms with van der Waals surface area (Å²) in [5.41, 5.74) is 14.9. The summed E-state index contributed by atoms with van der Waals surface area (Å²) in [6.07, 6.45) is 11.5. The molecule has 416 valence electrons. The van der Waals surface area contributed by atoms with Crippen molar-refractivity contribution >= 4 is 43.6 Å². The summed E-state index contributed by atoms with van der Waals surface area (Å²) < 4.78 is 20.7. The fourth-order valence-electron chi connectivity index (χ4n) is 11.2. The van der Waals surface area contributed by atoms with Crippen molar-refractivity contribution in [2.75, 3.05) is 0 Å². The molecule has 0 amide bonds. The third-order valence-corrected chi connectivity index (χ3v) is 15.3. The minimum Gasteiger partial charge on any atom is -0.509 e. The number of nitrogens with zero attached hydrogens (tertiary/aromatic N) is 8. The van der Waals surface area contributed by atoms with Crippen molar-refractivity contribution in [2.45, 2.75) is 0 Å². The van der Waals surface area contributed by atoms with Crippen LogP contribution in [0.15, 0.2) is 304 Å². The van der Waals surface area contributed by atoms with Crippen molar-refractivity contribution in [1.29, 1.82) is 0 Å². The van der Waals surface area contributed by atoms with E-state index >= 15 is 0 Å². The van der Waals surface area contributed by atoms with Crippen molar-refractivity contribution in [1.82, 2.24) is 38.7 Å². The fraction of sp³-hybridized carbons (Fsp3) is 0. The van der Waals surface area contributed by atoms with Crippen LogP contribution < -0.4 is 9.47 Å². The van der Waals surface area contributed by atoms with Gasteiger partial charge < -0.3 is 14.0 Å². The normalized spacial score (nSPS) is 11.1.